The van der Waals surface area contributed by atoms with Crippen LogP contribution in [-0.2, 0) is 9.53 Å². The molecular weight excluding hydrogens is 274 g/mol. The molecule has 0 fully saturated rings. The number of nitrogens with one attached hydrogen (secondary N) is 1. The van der Waals surface area contributed by atoms with Crippen LogP contribution in [0.4, 0.5) is 8.78 Å². The Labute approximate surface area is 112 Å². The van der Waals surface area contributed by atoms with Crippen LogP contribution < -0.4 is 10.1 Å². The van der Waals surface area contributed by atoms with Gasteiger partial charge in [0.05, 0.1) is 5.56 Å². The highest BCUT2D eigenvalue weighted by Gasteiger charge is 2.16. The van der Waals surface area contributed by atoms with E-state index in [1.807, 2.05) is 0 Å². The summed E-state index contributed by atoms with van der Waals surface area (Å²) in [5.41, 5.74) is -0.138. The molecule has 0 bridgehead atoms. The summed E-state index contributed by atoms with van der Waals surface area (Å²) in [6, 6.07) is 6.95. The Bertz CT molecular complexity index is 528. The first-order valence-corrected chi connectivity index (χ1v) is 5.39. The molecule has 0 spiro atoms. The zero-order chi connectivity index (χ0) is 15.0. The number of para-hydroxylation sites is 1. The monoisotopic (exact) mass is 284 g/mol. The molecule has 0 saturated heterocycles. The molecule has 8 heteroatoms. The van der Waals surface area contributed by atoms with E-state index >= 15 is 0 Å². The highest BCUT2D eigenvalue weighted by molar-refractivity contribution is 5.98. The van der Waals surface area contributed by atoms with Crippen molar-refractivity contribution < 1.29 is 27.8 Å². The number of amides is 1. The van der Waals surface area contributed by atoms with Crippen molar-refractivity contribution >= 4 is 11.9 Å². The van der Waals surface area contributed by atoms with Crippen LogP contribution in [0.2, 0.25) is 0 Å². The van der Waals surface area contributed by atoms with E-state index < -0.39 is 31.6 Å². The van der Waals surface area contributed by atoms with Crippen LogP contribution in [-0.4, -0.2) is 31.6 Å². The van der Waals surface area contributed by atoms with E-state index in [0.717, 1.165) is 0 Å². The van der Waals surface area contributed by atoms with E-state index in [0.29, 0.717) is 0 Å². The summed E-state index contributed by atoms with van der Waals surface area (Å²) in [5, 5.41) is 10.4. The molecule has 0 radical (unpaired) electrons. The largest absolute Gasteiger partial charge is 0.449 e. The van der Waals surface area contributed by atoms with Gasteiger partial charge in [-0.05, 0) is 12.1 Å². The van der Waals surface area contributed by atoms with Crippen molar-refractivity contribution in [3.8, 4) is 11.8 Å². The molecule has 1 aromatic carbocycles. The van der Waals surface area contributed by atoms with E-state index in [1.54, 1.807) is 6.07 Å². The summed E-state index contributed by atoms with van der Waals surface area (Å²) in [6.07, 6.45) is 0. The molecule has 0 aliphatic rings. The molecule has 0 aliphatic carbocycles. The Hall–Kier alpha value is -2.69. The second kappa shape index (κ2) is 7.68. The fourth-order valence-electron chi connectivity index (χ4n) is 1.26. The number of halogens is 2. The normalized spacial score (nSPS) is 9.70. The van der Waals surface area contributed by atoms with Crippen LogP contribution in [0.3, 0.4) is 0 Å². The smallest absolute Gasteiger partial charge is 0.387 e. The summed E-state index contributed by atoms with van der Waals surface area (Å²) in [7, 11) is 0. The lowest BCUT2D eigenvalue weighted by molar-refractivity contribution is -0.140. The quantitative estimate of drug-likeness (QED) is 0.790. The fraction of sp³-hybridized carbons (Fsp3) is 0.250. The number of ether oxygens (including phenoxy) is 2. The van der Waals surface area contributed by atoms with Gasteiger partial charge < -0.3 is 14.8 Å². The molecule has 1 N–H and O–H groups in total. The Kier molecular flexibility index (Phi) is 5.90. The van der Waals surface area contributed by atoms with Crippen LogP contribution in [0.1, 0.15) is 10.4 Å². The first-order chi connectivity index (χ1) is 9.54. The number of nitrogens with zero attached hydrogens (tertiary/aromatic N) is 1. The van der Waals surface area contributed by atoms with Crippen molar-refractivity contribution in [1.29, 1.82) is 5.26 Å². The number of rotatable bonds is 6. The Balaban J connectivity index is 2.64. The standard InChI is InChI=1S/C12H10F2N2O4/c13-12(14)20-9-4-2-1-3-8(9)11(18)16-7-10(17)19-6-5-15/h1-4,12H,6-7H2,(H,16,18). The van der Waals surface area contributed by atoms with Crippen molar-refractivity contribution in [2.45, 2.75) is 6.61 Å². The average Bonchev–Trinajstić information content (AvgIpc) is 2.42. The molecule has 6 nitrogen and oxygen atoms in total. The molecule has 0 aliphatic heterocycles. The van der Waals surface area contributed by atoms with Gasteiger partial charge in [-0.15, -0.1) is 0 Å². The zero-order valence-electron chi connectivity index (χ0n) is 10.1. The van der Waals surface area contributed by atoms with Gasteiger partial charge >= 0.3 is 12.6 Å². The van der Waals surface area contributed by atoms with Crippen molar-refractivity contribution in [2.75, 3.05) is 13.2 Å². The SMILES string of the molecule is N#CCOC(=O)CNC(=O)c1ccccc1OC(F)F. The number of benzene rings is 1. The highest BCUT2D eigenvalue weighted by Crippen LogP contribution is 2.19. The molecule has 0 atom stereocenters. The maximum absolute atomic E-state index is 12.2. The number of alkyl halides is 2. The van der Waals surface area contributed by atoms with Gasteiger partial charge in [-0.2, -0.15) is 14.0 Å². The first kappa shape index (κ1) is 15.4. The van der Waals surface area contributed by atoms with Gasteiger partial charge in [-0.25, -0.2) is 0 Å². The molecule has 1 amide bonds. The van der Waals surface area contributed by atoms with E-state index in [4.69, 9.17) is 5.26 Å². The van der Waals surface area contributed by atoms with Gasteiger partial charge in [-0.3, -0.25) is 9.59 Å². The first-order valence-electron chi connectivity index (χ1n) is 5.39. The van der Waals surface area contributed by atoms with Crippen molar-refractivity contribution in [2.24, 2.45) is 0 Å². The van der Waals surface area contributed by atoms with Crippen LogP contribution in [0.15, 0.2) is 24.3 Å². The van der Waals surface area contributed by atoms with E-state index in [9.17, 15) is 18.4 Å². The third kappa shape index (κ3) is 4.89. The topological polar surface area (TPSA) is 88.4 Å². The lowest BCUT2D eigenvalue weighted by Gasteiger charge is -2.10. The lowest BCUT2D eigenvalue weighted by Crippen LogP contribution is -2.31. The number of carbonyl (C=O) groups is 2. The summed E-state index contributed by atoms with van der Waals surface area (Å²) in [4.78, 5) is 22.8. The van der Waals surface area contributed by atoms with E-state index in [-0.39, 0.29) is 11.3 Å². The molecule has 0 unspecified atom stereocenters. The van der Waals surface area contributed by atoms with E-state index in [1.165, 1.54) is 24.3 Å². The summed E-state index contributed by atoms with van der Waals surface area (Å²) in [5.74, 6) is -1.88. The molecule has 0 heterocycles. The molecule has 106 valence electrons. The predicted molar refractivity (Wildman–Crippen MR) is 62.0 cm³/mol. The van der Waals surface area contributed by atoms with Crippen molar-refractivity contribution in [3.05, 3.63) is 29.8 Å². The average molecular weight is 284 g/mol. The fourth-order valence-corrected chi connectivity index (χ4v) is 1.26. The minimum absolute atomic E-state index is 0.138. The van der Waals surface area contributed by atoms with Gasteiger partial charge in [0.1, 0.15) is 18.4 Å². The van der Waals surface area contributed by atoms with Gasteiger partial charge in [0, 0.05) is 0 Å². The molecular formula is C12H10F2N2O4. The maximum Gasteiger partial charge on any atom is 0.387 e. The minimum atomic E-state index is -3.07. The highest BCUT2D eigenvalue weighted by atomic mass is 19.3. The van der Waals surface area contributed by atoms with Gasteiger partial charge in [0.25, 0.3) is 5.91 Å². The number of nitriles is 1. The molecule has 20 heavy (non-hydrogen) atoms. The van der Waals surface area contributed by atoms with E-state index in [2.05, 4.69) is 14.8 Å². The second-order valence-electron chi connectivity index (χ2n) is 3.38. The zero-order valence-corrected chi connectivity index (χ0v) is 10.1. The second-order valence-corrected chi connectivity index (χ2v) is 3.38. The van der Waals surface area contributed by atoms with Crippen LogP contribution in [0, 0.1) is 11.3 Å². The molecule has 1 rings (SSSR count). The number of carbonyl (C=O) groups excluding carboxylic acids is 2. The van der Waals surface area contributed by atoms with Crippen molar-refractivity contribution in [3.63, 3.8) is 0 Å². The van der Waals surface area contributed by atoms with Crippen LogP contribution in [0.25, 0.3) is 0 Å². The molecule has 1 aromatic rings. The number of hydrogen-bond donors (Lipinski definition) is 1. The lowest BCUT2D eigenvalue weighted by atomic mass is 10.2. The third-order valence-electron chi connectivity index (χ3n) is 2.04. The summed E-state index contributed by atoms with van der Waals surface area (Å²) >= 11 is 0. The van der Waals surface area contributed by atoms with Gasteiger partial charge in [0.15, 0.2) is 6.61 Å². The summed E-state index contributed by atoms with van der Waals surface area (Å²) < 4.78 is 32.9. The maximum atomic E-state index is 12.2. The number of esters is 1. The third-order valence-corrected chi connectivity index (χ3v) is 2.04. The minimum Gasteiger partial charge on any atom is -0.449 e. The van der Waals surface area contributed by atoms with Crippen molar-refractivity contribution in [1.82, 2.24) is 5.32 Å². The molecule has 0 aromatic heterocycles. The summed E-state index contributed by atoms with van der Waals surface area (Å²) in [6.45, 7) is -3.98. The Morgan fingerprint density at radius 2 is 2.05 bits per heavy atom. The predicted octanol–water partition coefficient (Wildman–Crippen LogP) is 1.08. The Morgan fingerprint density at radius 1 is 1.35 bits per heavy atom. The number of hydrogen-bond acceptors (Lipinski definition) is 5. The van der Waals surface area contributed by atoms with Crippen LogP contribution in [0.5, 0.6) is 5.75 Å². The van der Waals surface area contributed by atoms with Gasteiger partial charge in [-0.1, -0.05) is 12.1 Å². The van der Waals surface area contributed by atoms with Crippen LogP contribution >= 0.6 is 0 Å². The molecule has 0 saturated carbocycles. The Morgan fingerprint density at radius 3 is 2.70 bits per heavy atom. The van der Waals surface area contributed by atoms with Gasteiger partial charge in [0.2, 0.25) is 0 Å².